The Bertz CT molecular complexity index is 1490. The fraction of sp³-hybridized carbons (Fsp3) is 0.296. The molecular formula is C27H28N6O4S. The molecule has 1 aliphatic heterocycles. The van der Waals surface area contributed by atoms with Crippen LogP contribution in [-0.2, 0) is 4.79 Å². The molecule has 4 heterocycles. The number of aromatic nitrogens is 2. The van der Waals surface area contributed by atoms with Crippen LogP contribution in [0.3, 0.4) is 0 Å². The summed E-state index contributed by atoms with van der Waals surface area (Å²) in [5.74, 6) is -0.196. The minimum absolute atomic E-state index is 0.0262. The minimum Gasteiger partial charge on any atom is -0.475 e. The monoisotopic (exact) mass is 532 g/mol. The van der Waals surface area contributed by atoms with Gasteiger partial charge in [-0.2, -0.15) is 0 Å². The molecule has 0 unspecified atom stereocenters. The van der Waals surface area contributed by atoms with E-state index in [0.717, 1.165) is 18.4 Å². The van der Waals surface area contributed by atoms with Crippen molar-refractivity contribution in [3.8, 4) is 5.88 Å². The minimum atomic E-state index is -0.409. The molecule has 3 N–H and O–H groups in total. The molecule has 3 aromatic heterocycles. The predicted octanol–water partition coefficient (Wildman–Crippen LogP) is 4.94. The molecule has 0 aromatic carbocycles. The van der Waals surface area contributed by atoms with Crippen LogP contribution in [0.5, 0.6) is 5.88 Å². The largest absolute Gasteiger partial charge is 0.475 e. The van der Waals surface area contributed by atoms with E-state index in [9.17, 15) is 14.4 Å². The summed E-state index contributed by atoms with van der Waals surface area (Å²) in [6.07, 6.45) is 8.72. The van der Waals surface area contributed by atoms with Gasteiger partial charge < -0.3 is 20.7 Å². The Morgan fingerprint density at radius 1 is 1.32 bits per heavy atom. The van der Waals surface area contributed by atoms with Gasteiger partial charge in [0.05, 0.1) is 40.8 Å². The molecule has 196 valence electrons. The van der Waals surface area contributed by atoms with Crippen LogP contribution >= 0.6 is 11.3 Å². The molecule has 0 saturated heterocycles. The van der Waals surface area contributed by atoms with E-state index in [0.29, 0.717) is 50.2 Å². The number of carbonyl (C=O) groups excluding carboxylic acids is 3. The number of nitrogens with one attached hydrogen (secondary N) is 3. The van der Waals surface area contributed by atoms with E-state index in [1.54, 1.807) is 24.5 Å². The van der Waals surface area contributed by atoms with Gasteiger partial charge in [-0.15, -0.1) is 11.3 Å². The highest BCUT2D eigenvalue weighted by molar-refractivity contribution is 7.21. The lowest BCUT2D eigenvalue weighted by Crippen LogP contribution is -2.42. The third-order valence-corrected chi connectivity index (χ3v) is 7.40. The second-order valence-corrected chi connectivity index (χ2v) is 10.4. The van der Waals surface area contributed by atoms with Crippen LogP contribution < -0.4 is 25.6 Å². The van der Waals surface area contributed by atoms with Gasteiger partial charge in [-0.1, -0.05) is 12.7 Å². The number of urea groups is 1. The summed E-state index contributed by atoms with van der Waals surface area (Å²) in [4.78, 5) is 50.1. The maximum Gasteiger partial charge on any atom is 0.331 e. The molecule has 0 fully saturated rings. The first kappa shape index (κ1) is 25.4. The van der Waals surface area contributed by atoms with Crippen molar-refractivity contribution in [2.75, 3.05) is 10.2 Å². The van der Waals surface area contributed by atoms with Gasteiger partial charge in [0.2, 0.25) is 11.8 Å². The molecule has 0 spiro atoms. The Morgan fingerprint density at radius 3 is 2.87 bits per heavy atom. The number of hydrogen-bond donors (Lipinski definition) is 3. The van der Waals surface area contributed by atoms with E-state index in [1.165, 1.54) is 22.3 Å². The van der Waals surface area contributed by atoms with Gasteiger partial charge in [0.25, 0.3) is 5.91 Å². The molecular weight excluding hydrogens is 504 g/mol. The summed E-state index contributed by atoms with van der Waals surface area (Å²) < 4.78 is 5.69. The molecule has 38 heavy (non-hydrogen) atoms. The van der Waals surface area contributed by atoms with Crippen molar-refractivity contribution < 1.29 is 19.1 Å². The van der Waals surface area contributed by atoms with Gasteiger partial charge in [0, 0.05) is 18.0 Å². The van der Waals surface area contributed by atoms with Crippen LogP contribution in [0.1, 0.15) is 48.3 Å². The summed E-state index contributed by atoms with van der Waals surface area (Å²) >= 11 is 1.20. The SMILES string of the molecule is C=CC(=O)N[C@H]1CCCC=C1NC(=O)c1sc2nccc3c2c1NC(=O)N3c1cnc(OC(C)C)cc1C. The van der Waals surface area contributed by atoms with Crippen molar-refractivity contribution in [3.05, 3.63) is 59.4 Å². The molecule has 10 nitrogen and oxygen atoms in total. The number of pyridine rings is 2. The highest BCUT2D eigenvalue weighted by Gasteiger charge is 2.34. The molecule has 0 bridgehead atoms. The third-order valence-electron chi connectivity index (χ3n) is 6.30. The maximum absolute atomic E-state index is 13.4. The number of carbonyl (C=O) groups is 3. The van der Waals surface area contributed by atoms with Crippen molar-refractivity contribution in [3.63, 3.8) is 0 Å². The number of ether oxygens (including phenoxy) is 1. The Morgan fingerprint density at radius 2 is 2.13 bits per heavy atom. The lowest BCUT2D eigenvalue weighted by molar-refractivity contribution is -0.117. The maximum atomic E-state index is 13.4. The number of amides is 4. The number of rotatable bonds is 7. The average Bonchev–Trinajstić information content (AvgIpc) is 3.25. The fourth-order valence-electron chi connectivity index (χ4n) is 4.63. The van der Waals surface area contributed by atoms with Crippen LogP contribution in [0.25, 0.3) is 10.2 Å². The molecule has 11 heteroatoms. The first-order chi connectivity index (χ1) is 18.3. The van der Waals surface area contributed by atoms with E-state index in [4.69, 9.17) is 4.74 Å². The number of thiophene rings is 1. The van der Waals surface area contributed by atoms with E-state index in [1.807, 2.05) is 26.8 Å². The van der Waals surface area contributed by atoms with Gasteiger partial charge in [0.1, 0.15) is 9.71 Å². The summed E-state index contributed by atoms with van der Waals surface area (Å²) in [6, 6.07) is 2.82. The quantitative estimate of drug-likeness (QED) is 0.370. The molecule has 1 aliphatic carbocycles. The van der Waals surface area contributed by atoms with Gasteiger partial charge in [-0.25, -0.2) is 14.8 Å². The first-order valence-electron chi connectivity index (χ1n) is 12.4. The predicted molar refractivity (Wildman–Crippen MR) is 147 cm³/mol. The van der Waals surface area contributed by atoms with Crippen molar-refractivity contribution >= 4 is 56.5 Å². The van der Waals surface area contributed by atoms with Gasteiger partial charge >= 0.3 is 6.03 Å². The Kier molecular flexibility index (Phi) is 6.85. The molecule has 1 atom stereocenters. The summed E-state index contributed by atoms with van der Waals surface area (Å²) in [5, 5.41) is 9.39. The zero-order valence-electron chi connectivity index (χ0n) is 21.3. The zero-order chi connectivity index (χ0) is 27.0. The van der Waals surface area contributed by atoms with Crippen LogP contribution in [0.4, 0.5) is 21.9 Å². The number of allylic oxidation sites excluding steroid dienone is 1. The van der Waals surface area contributed by atoms with Gasteiger partial charge in [-0.3, -0.25) is 14.5 Å². The summed E-state index contributed by atoms with van der Waals surface area (Å²) in [5.41, 5.74) is 3.06. The molecule has 4 amide bonds. The molecule has 5 rings (SSSR count). The van der Waals surface area contributed by atoms with E-state index in [2.05, 4.69) is 32.5 Å². The molecule has 0 radical (unpaired) electrons. The Balaban J connectivity index is 1.49. The topological polar surface area (TPSA) is 126 Å². The number of nitrogens with zero attached hydrogens (tertiary/aromatic N) is 3. The molecule has 3 aromatic rings. The van der Waals surface area contributed by atoms with Crippen LogP contribution in [-0.4, -0.2) is 40.0 Å². The Hall–Kier alpha value is -4.25. The van der Waals surface area contributed by atoms with Gasteiger partial charge in [-0.05, 0) is 57.7 Å². The van der Waals surface area contributed by atoms with Crippen molar-refractivity contribution in [1.82, 2.24) is 20.6 Å². The standard InChI is InChI=1S/C27H28N6O4S/c1-5-20(34)30-16-8-6-7-9-17(16)31-25(35)24-23-22-18(10-11-28-26(22)38-24)33(27(36)32-23)19-13-29-21(12-15(19)4)37-14(2)3/h5,9-14,16H,1,6-8H2,2-4H3,(H,30,34)(H,31,35)(H,32,36)/t16-/m0/s1. The zero-order valence-corrected chi connectivity index (χ0v) is 22.1. The first-order valence-corrected chi connectivity index (χ1v) is 13.2. The van der Waals surface area contributed by atoms with Crippen molar-refractivity contribution in [2.24, 2.45) is 0 Å². The lowest BCUT2D eigenvalue weighted by atomic mass is 9.98. The average molecular weight is 533 g/mol. The van der Waals surface area contributed by atoms with Crippen LogP contribution in [0.15, 0.2) is 49.0 Å². The summed E-state index contributed by atoms with van der Waals surface area (Å²) in [6.45, 7) is 9.23. The lowest BCUT2D eigenvalue weighted by Gasteiger charge is -2.29. The van der Waals surface area contributed by atoms with Crippen molar-refractivity contribution in [1.29, 1.82) is 0 Å². The van der Waals surface area contributed by atoms with E-state index < -0.39 is 6.03 Å². The highest BCUT2D eigenvalue weighted by Crippen LogP contribution is 2.46. The molecule has 2 aliphatic rings. The number of hydrogen-bond acceptors (Lipinski definition) is 7. The van der Waals surface area contributed by atoms with E-state index >= 15 is 0 Å². The smallest absolute Gasteiger partial charge is 0.331 e. The summed E-state index contributed by atoms with van der Waals surface area (Å²) in [7, 11) is 0. The second kappa shape index (κ2) is 10.3. The number of aryl methyl sites for hydroxylation is 1. The van der Waals surface area contributed by atoms with Crippen molar-refractivity contribution in [2.45, 2.75) is 52.2 Å². The highest BCUT2D eigenvalue weighted by atomic mass is 32.1. The number of anilines is 3. The fourth-order valence-corrected chi connectivity index (χ4v) is 5.64. The molecule has 0 saturated carbocycles. The van der Waals surface area contributed by atoms with Crippen LogP contribution in [0.2, 0.25) is 0 Å². The third kappa shape index (κ3) is 4.72. The second-order valence-electron chi connectivity index (χ2n) is 9.37. The van der Waals surface area contributed by atoms with Crippen LogP contribution in [0, 0.1) is 6.92 Å². The Labute approximate surface area is 223 Å². The van der Waals surface area contributed by atoms with E-state index in [-0.39, 0.29) is 24.0 Å². The normalized spacial score (nSPS) is 16.6. The van der Waals surface area contributed by atoms with Gasteiger partial charge in [0.15, 0.2) is 0 Å².